The quantitative estimate of drug-likeness (QED) is 0.683. The summed E-state index contributed by atoms with van der Waals surface area (Å²) in [5.41, 5.74) is 2.63. The Morgan fingerprint density at radius 1 is 0.833 bits per heavy atom. The number of hydrogen-bond acceptors (Lipinski definition) is 2. The van der Waals surface area contributed by atoms with Gasteiger partial charge in [-0.3, -0.25) is 0 Å². The van der Waals surface area contributed by atoms with Gasteiger partial charge in [-0.2, -0.15) is 0 Å². The Labute approximate surface area is 143 Å². The second-order valence-corrected chi connectivity index (χ2v) is 6.68. The van der Waals surface area contributed by atoms with Crippen LogP contribution in [0.1, 0.15) is 23.1 Å². The first-order chi connectivity index (χ1) is 11.8. The van der Waals surface area contributed by atoms with Crippen molar-refractivity contribution < 1.29 is 4.74 Å². The van der Waals surface area contributed by atoms with Gasteiger partial charge in [0.25, 0.3) is 0 Å². The van der Waals surface area contributed by atoms with Crippen LogP contribution in [0, 0.1) is 0 Å². The minimum atomic E-state index is 0.109. The maximum atomic E-state index is 6.30. The molecule has 0 bridgehead atoms. The molecule has 1 heterocycles. The fraction of sp³-hybridized carbons (Fsp3) is 0.273. The third-order valence-electron chi connectivity index (χ3n) is 4.97. The number of likely N-dealkylation sites (N-methyl/N-ethyl adjacent to an activating group) is 1. The van der Waals surface area contributed by atoms with Crippen molar-refractivity contribution in [2.24, 2.45) is 0 Å². The first-order valence-electron chi connectivity index (χ1n) is 8.65. The largest absolute Gasteiger partial charge is 0.372 e. The molecule has 1 aliphatic heterocycles. The highest BCUT2D eigenvalue weighted by Gasteiger charge is 2.29. The molecule has 2 nitrogen and oxygen atoms in total. The van der Waals surface area contributed by atoms with E-state index in [-0.39, 0.29) is 6.10 Å². The van der Waals surface area contributed by atoms with Gasteiger partial charge >= 0.3 is 0 Å². The molecule has 2 atom stereocenters. The third-order valence-corrected chi connectivity index (χ3v) is 4.97. The zero-order chi connectivity index (χ0) is 16.4. The van der Waals surface area contributed by atoms with Crippen molar-refractivity contribution in [1.29, 1.82) is 0 Å². The van der Waals surface area contributed by atoms with Crippen LogP contribution in [0.2, 0.25) is 0 Å². The lowest BCUT2D eigenvalue weighted by Crippen LogP contribution is -2.25. The summed E-state index contributed by atoms with van der Waals surface area (Å²) in [6, 6.07) is 26.0. The fourth-order valence-electron chi connectivity index (χ4n) is 3.66. The molecule has 3 aromatic rings. The summed E-state index contributed by atoms with van der Waals surface area (Å²) in [5, 5.41) is 2.59. The van der Waals surface area contributed by atoms with E-state index in [0.717, 1.165) is 19.7 Å². The van der Waals surface area contributed by atoms with Crippen molar-refractivity contribution in [3.63, 3.8) is 0 Å². The van der Waals surface area contributed by atoms with Crippen LogP contribution in [0.3, 0.4) is 0 Å². The predicted octanol–water partition coefficient (Wildman–Crippen LogP) is 4.63. The first kappa shape index (κ1) is 15.4. The van der Waals surface area contributed by atoms with Gasteiger partial charge in [-0.15, -0.1) is 0 Å². The van der Waals surface area contributed by atoms with Crippen molar-refractivity contribution in [2.45, 2.75) is 12.0 Å². The van der Waals surface area contributed by atoms with Gasteiger partial charge in [0.2, 0.25) is 0 Å². The Hall–Kier alpha value is -2.16. The highest BCUT2D eigenvalue weighted by Crippen LogP contribution is 2.37. The second kappa shape index (κ2) is 6.76. The average Bonchev–Trinajstić information content (AvgIpc) is 2.83. The molecule has 1 aliphatic rings. The van der Waals surface area contributed by atoms with E-state index in [9.17, 15) is 0 Å². The molecule has 24 heavy (non-hydrogen) atoms. The smallest absolute Gasteiger partial charge is 0.0906 e. The second-order valence-electron chi connectivity index (χ2n) is 6.68. The molecule has 0 saturated carbocycles. The zero-order valence-electron chi connectivity index (χ0n) is 14.1. The van der Waals surface area contributed by atoms with Crippen LogP contribution >= 0.6 is 0 Å². The number of ether oxygens (including phenoxy) is 1. The minimum absolute atomic E-state index is 0.109. The summed E-state index contributed by atoms with van der Waals surface area (Å²) in [6.07, 6.45) is 0.109. The van der Waals surface area contributed by atoms with Crippen LogP contribution in [-0.4, -0.2) is 31.6 Å². The lowest BCUT2D eigenvalue weighted by Gasteiger charge is -2.27. The molecule has 1 saturated heterocycles. The van der Waals surface area contributed by atoms with Crippen molar-refractivity contribution >= 4 is 10.8 Å². The number of hydrogen-bond donors (Lipinski definition) is 0. The predicted molar refractivity (Wildman–Crippen MR) is 99.3 cm³/mol. The van der Waals surface area contributed by atoms with Gasteiger partial charge in [-0.25, -0.2) is 0 Å². The van der Waals surface area contributed by atoms with E-state index in [1.54, 1.807) is 0 Å². The van der Waals surface area contributed by atoms with Gasteiger partial charge < -0.3 is 9.64 Å². The van der Waals surface area contributed by atoms with Crippen LogP contribution in [-0.2, 0) is 4.74 Å². The zero-order valence-corrected chi connectivity index (χ0v) is 14.1. The van der Waals surface area contributed by atoms with E-state index >= 15 is 0 Å². The number of fused-ring (bicyclic) bond motifs is 1. The summed E-state index contributed by atoms with van der Waals surface area (Å²) < 4.78 is 6.30. The molecular formula is C22H23NO. The van der Waals surface area contributed by atoms with E-state index in [1.165, 1.54) is 21.9 Å². The molecule has 1 fully saturated rings. The molecule has 4 rings (SSSR count). The lowest BCUT2D eigenvalue weighted by molar-refractivity contribution is 0.0507. The summed E-state index contributed by atoms with van der Waals surface area (Å²) in [7, 11) is 2.19. The van der Waals surface area contributed by atoms with Crippen LogP contribution in [0.25, 0.3) is 10.8 Å². The highest BCUT2D eigenvalue weighted by atomic mass is 16.5. The minimum Gasteiger partial charge on any atom is -0.372 e. The standard InChI is InChI=1S/C22H23NO/c1-23-13-14-24-22(18-8-3-2-4-9-18)21(16-23)20-12-11-17-7-5-6-10-19(17)15-20/h2-12,15,21-22H,13-14,16H2,1H3/t21-,22-/m1/s1. The van der Waals surface area contributed by atoms with Gasteiger partial charge in [-0.1, -0.05) is 72.8 Å². The topological polar surface area (TPSA) is 12.5 Å². The maximum absolute atomic E-state index is 6.30. The summed E-state index contributed by atoms with van der Waals surface area (Å²) >= 11 is 0. The number of nitrogens with zero attached hydrogens (tertiary/aromatic N) is 1. The van der Waals surface area contributed by atoms with Crippen molar-refractivity contribution in [2.75, 3.05) is 26.7 Å². The lowest BCUT2D eigenvalue weighted by atomic mass is 9.87. The van der Waals surface area contributed by atoms with Gasteiger partial charge in [-0.05, 0) is 28.9 Å². The van der Waals surface area contributed by atoms with Crippen LogP contribution in [0.4, 0.5) is 0 Å². The van der Waals surface area contributed by atoms with Crippen molar-refractivity contribution in [3.8, 4) is 0 Å². The van der Waals surface area contributed by atoms with E-state index in [0.29, 0.717) is 5.92 Å². The molecule has 2 heteroatoms. The number of rotatable bonds is 2. The first-order valence-corrected chi connectivity index (χ1v) is 8.65. The van der Waals surface area contributed by atoms with Gasteiger partial charge in [0.1, 0.15) is 0 Å². The molecule has 0 unspecified atom stereocenters. The molecule has 0 aromatic heterocycles. The van der Waals surface area contributed by atoms with Gasteiger partial charge in [0.15, 0.2) is 0 Å². The third kappa shape index (κ3) is 3.08. The molecule has 0 spiro atoms. The summed E-state index contributed by atoms with van der Waals surface area (Å²) in [5.74, 6) is 0.338. The maximum Gasteiger partial charge on any atom is 0.0906 e. The highest BCUT2D eigenvalue weighted by molar-refractivity contribution is 5.83. The normalized spacial score (nSPS) is 22.4. The molecule has 0 amide bonds. The monoisotopic (exact) mass is 317 g/mol. The molecule has 122 valence electrons. The Bertz CT molecular complexity index is 814. The molecule has 0 aliphatic carbocycles. The van der Waals surface area contributed by atoms with E-state index in [1.807, 2.05) is 0 Å². The summed E-state index contributed by atoms with van der Waals surface area (Å²) in [4.78, 5) is 2.38. The van der Waals surface area contributed by atoms with Crippen LogP contribution in [0.15, 0.2) is 72.8 Å². The Morgan fingerprint density at radius 2 is 1.58 bits per heavy atom. The SMILES string of the molecule is CN1CCO[C@H](c2ccccc2)[C@@H](c2ccc3ccccc3c2)C1. The molecule has 3 aromatic carbocycles. The Balaban J connectivity index is 1.77. The van der Waals surface area contributed by atoms with Crippen molar-refractivity contribution in [3.05, 3.63) is 83.9 Å². The van der Waals surface area contributed by atoms with Crippen LogP contribution < -0.4 is 0 Å². The van der Waals surface area contributed by atoms with E-state index < -0.39 is 0 Å². The fourth-order valence-corrected chi connectivity index (χ4v) is 3.66. The van der Waals surface area contributed by atoms with E-state index in [2.05, 4.69) is 84.7 Å². The van der Waals surface area contributed by atoms with Gasteiger partial charge in [0.05, 0.1) is 12.7 Å². The molecule has 0 radical (unpaired) electrons. The Kier molecular flexibility index (Phi) is 4.33. The van der Waals surface area contributed by atoms with Crippen molar-refractivity contribution in [1.82, 2.24) is 4.90 Å². The molecular weight excluding hydrogens is 294 g/mol. The average molecular weight is 317 g/mol. The Morgan fingerprint density at radius 3 is 2.42 bits per heavy atom. The van der Waals surface area contributed by atoms with E-state index in [4.69, 9.17) is 4.74 Å². The van der Waals surface area contributed by atoms with Gasteiger partial charge in [0, 0.05) is 19.0 Å². The molecule has 0 N–H and O–H groups in total. The summed E-state index contributed by atoms with van der Waals surface area (Å²) in [6.45, 7) is 2.77. The van der Waals surface area contributed by atoms with Crippen LogP contribution in [0.5, 0.6) is 0 Å². The number of benzene rings is 3.